The Labute approximate surface area is 337 Å². The van der Waals surface area contributed by atoms with E-state index in [2.05, 4.69) is 194 Å². The summed E-state index contributed by atoms with van der Waals surface area (Å²) in [5.41, 5.74) is 22.5. The van der Waals surface area contributed by atoms with Crippen LogP contribution in [0.5, 0.6) is 0 Å². The summed E-state index contributed by atoms with van der Waals surface area (Å²) in [6.07, 6.45) is 0.885. The van der Waals surface area contributed by atoms with Crippen molar-refractivity contribution in [1.82, 2.24) is 20.4 Å². The number of aromatic nitrogens is 4. The Bertz CT molecular complexity index is 3210. The van der Waals surface area contributed by atoms with E-state index >= 15 is 0 Å². The maximum atomic E-state index is 5.12. The lowest BCUT2D eigenvalue weighted by molar-refractivity contribution is 0.879. The van der Waals surface area contributed by atoms with Gasteiger partial charge in [-0.25, -0.2) is 0 Å². The molecule has 2 heterocycles. The molecular weight excluding hydrogens is 705 g/mol. The Morgan fingerprint density at radius 2 is 1.03 bits per heavy atom. The average molecular weight is 743 g/mol. The fourth-order valence-electron chi connectivity index (χ4n) is 9.33. The molecule has 1 aliphatic carbocycles. The molecule has 4 heteroatoms. The second kappa shape index (κ2) is 13.6. The van der Waals surface area contributed by atoms with Gasteiger partial charge in [-0.1, -0.05) is 170 Å². The normalized spacial score (nSPS) is 11.9. The third-order valence-corrected chi connectivity index (χ3v) is 12.1. The third kappa shape index (κ3) is 5.33. The van der Waals surface area contributed by atoms with Gasteiger partial charge in [0.15, 0.2) is 0 Å². The van der Waals surface area contributed by atoms with Gasteiger partial charge in [0.05, 0.1) is 5.52 Å². The van der Waals surface area contributed by atoms with Gasteiger partial charge in [0, 0.05) is 33.0 Å². The van der Waals surface area contributed by atoms with Gasteiger partial charge in [-0.2, -0.15) is 0 Å². The van der Waals surface area contributed by atoms with Gasteiger partial charge in [-0.05, 0) is 104 Å². The zero-order chi connectivity index (χ0) is 38.7. The van der Waals surface area contributed by atoms with E-state index in [-0.39, 0.29) is 0 Å². The summed E-state index contributed by atoms with van der Waals surface area (Å²) >= 11 is 0. The zero-order valence-corrected chi connectivity index (χ0v) is 32.3. The molecule has 0 bridgehead atoms. The Morgan fingerprint density at radius 1 is 0.431 bits per heavy atom. The van der Waals surface area contributed by atoms with E-state index in [0.29, 0.717) is 0 Å². The van der Waals surface area contributed by atoms with E-state index in [0.717, 1.165) is 84.3 Å². The number of fused-ring (bicyclic) bond motifs is 6. The number of aromatic amines is 1. The van der Waals surface area contributed by atoms with Crippen molar-refractivity contribution in [2.24, 2.45) is 0 Å². The van der Waals surface area contributed by atoms with Crippen molar-refractivity contribution in [3.63, 3.8) is 0 Å². The van der Waals surface area contributed by atoms with E-state index in [9.17, 15) is 0 Å². The standard InChI is InChI=1S/C54H38N4/c1-33-31-46-39-23-10-9-21-37(39)32-47(46)49(34(33)2)42-26-13-14-27-43(42)50-52(36-19-7-4-8-20-36)56-58-57-54(50)51-44(29-30-45-41-25-15-16-28-48(41)55-53(45)51)40-24-12-11-22-38(40)35-17-5-3-6-18-35/h3-31,55H,32H2,1-2H3. The number of benzene rings is 8. The van der Waals surface area contributed by atoms with Crippen molar-refractivity contribution < 1.29 is 0 Å². The molecule has 0 amide bonds. The summed E-state index contributed by atoms with van der Waals surface area (Å²) in [5, 5.41) is 16.9. The Morgan fingerprint density at radius 3 is 1.81 bits per heavy atom. The molecule has 1 aliphatic rings. The van der Waals surface area contributed by atoms with Crippen LogP contribution < -0.4 is 0 Å². The Kier molecular flexibility index (Phi) is 7.97. The van der Waals surface area contributed by atoms with Crippen LogP contribution in [-0.4, -0.2) is 20.4 Å². The first kappa shape index (κ1) is 33.9. The molecule has 274 valence electrons. The highest BCUT2D eigenvalue weighted by Crippen LogP contribution is 2.51. The summed E-state index contributed by atoms with van der Waals surface area (Å²) in [7, 11) is 0. The largest absolute Gasteiger partial charge is 0.354 e. The summed E-state index contributed by atoms with van der Waals surface area (Å²) in [6, 6.07) is 62.9. The minimum absolute atomic E-state index is 0.779. The maximum Gasteiger partial charge on any atom is 0.108 e. The van der Waals surface area contributed by atoms with Crippen LogP contribution in [-0.2, 0) is 6.42 Å². The SMILES string of the molecule is Cc1cc2c(c(-c3ccccc3-c3c(-c4ccccc4)nnnc3-c3c(-c4ccccc4-c4ccccc4)ccc4c3[nH]c3ccccc34)c1C)Cc1ccccc1-2. The molecule has 1 N–H and O–H groups in total. The van der Waals surface area contributed by atoms with Crippen LogP contribution in [0.4, 0.5) is 0 Å². The topological polar surface area (TPSA) is 54.5 Å². The second-order valence-electron chi connectivity index (χ2n) is 15.3. The smallest absolute Gasteiger partial charge is 0.108 e. The number of hydrogen-bond donors (Lipinski definition) is 1. The Balaban J connectivity index is 1.27. The van der Waals surface area contributed by atoms with Crippen LogP contribution in [0.2, 0.25) is 0 Å². The van der Waals surface area contributed by atoms with Gasteiger partial charge in [0.2, 0.25) is 0 Å². The first-order valence-corrected chi connectivity index (χ1v) is 19.9. The van der Waals surface area contributed by atoms with Crippen LogP contribution in [0.25, 0.3) is 100.0 Å². The highest BCUT2D eigenvalue weighted by Gasteiger charge is 2.29. The molecule has 0 unspecified atom stereocenters. The average Bonchev–Trinajstić information content (AvgIpc) is 3.85. The van der Waals surface area contributed by atoms with Crippen molar-refractivity contribution in [2.45, 2.75) is 20.3 Å². The minimum atomic E-state index is 0.779. The fraction of sp³-hybridized carbons (Fsp3) is 0.0556. The van der Waals surface area contributed by atoms with E-state index < -0.39 is 0 Å². The van der Waals surface area contributed by atoms with E-state index in [1.165, 1.54) is 44.3 Å². The fourth-order valence-corrected chi connectivity index (χ4v) is 9.33. The van der Waals surface area contributed by atoms with Crippen LogP contribution >= 0.6 is 0 Å². The summed E-state index contributed by atoms with van der Waals surface area (Å²) in [5.74, 6) is 0. The quantitative estimate of drug-likeness (QED) is 0.185. The molecule has 58 heavy (non-hydrogen) atoms. The molecule has 0 atom stereocenters. The van der Waals surface area contributed by atoms with Crippen molar-refractivity contribution in [2.75, 3.05) is 0 Å². The van der Waals surface area contributed by atoms with Crippen LogP contribution in [0.3, 0.4) is 0 Å². The number of hydrogen-bond acceptors (Lipinski definition) is 3. The molecule has 4 nitrogen and oxygen atoms in total. The zero-order valence-electron chi connectivity index (χ0n) is 32.3. The van der Waals surface area contributed by atoms with Crippen LogP contribution in [0, 0.1) is 13.8 Å². The second-order valence-corrected chi connectivity index (χ2v) is 15.3. The van der Waals surface area contributed by atoms with E-state index in [4.69, 9.17) is 10.2 Å². The molecular formula is C54H38N4. The van der Waals surface area contributed by atoms with Crippen molar-refractivity contribution >= 4 is 21.8 Å². The number of H-pyrrole nitrogens is 1. The number of para-hydroxylation sites is 1. The Hall–Kier alpha value is -7.43. The number of nitrogens with one attached hydrogen (secondary N) is 1. The van der Waals surface area contributed by atoms with Gasteiger partial charge in [-0.15, -0.1) is 10.2 Å². The summed E-state index contributed by atoms with van der Waals surface area (Å²) in [6.45, 7) is 4.52. The molecule has 8 aromatic carbocycles. The van der Waals surface area contributed by atoms with Crippen molar-refractivity contribution in [3.8, 4) is 78.1 Å². The molecule has 0 saturated carbocycles. The lowest BCUT2D eigenvalue weighted by atomic mass is 9.82. The molecule has 0 spiro atoms. The van der Waals surface area contributed by atoms with Gasteiger partial charge < -0.3 is 4.98 Å². The molecule has 0 saturated heterocycles. The highest BCUT2D eigenvalue weighted by atomic mass is 15.3. The summed E-state index contributed by atoms with van der Waals surface area (Å²) in [4.78, 5) is 3.87. The van der Waals surface area contributed by atoms with E-state index in [1.54, 1.807) is 0 Å². The monoisotopic (exact) mass is 742 g/mol. The first-order chi connectivity index (χ1) is 28.6. The van der Waals surface area contributed by atoms with Crippen LogP contribution in [0.1, 0.15) is 22.3 Å². The first-order valence-electron chi connectivity index (χ1n) is 19.9. The number of rotatable bonds is 6. The molecule has 11 rings (SSSR count). The predicted molar refractivity (Wildman–Crippen MR) is 240 cm³/mol. The lowest BCUT2D eigenvalue weighted by Crippen LogP contribution is -2.04. The van der Waals surface area contributed by atoms with E-state index in [1.807, 2.05) is 6.07 Å². The third-order valence-electron chi connectivity index (χ3n) is 12.1. The molecule has 10 aromatic rings. The minimum Gasteiger partial charge on any atom is -0.354 e. The van der Waals surface area contributed by atoms with Gasteiger partial charge in [0.25, 0.3) is 0 Å². The molecule has 2 aromatic heterocycles. The maximum absolute atomic E-state index is 5.12. The lowest BCUT2D eigenvalue weighted by Gasteiger charge is -2.22. The number of nitrogens with zero attached hydrogens (tertiary/aromatic N) is 3. The predicted octanol–water partition coefficient (Wildman–Crippen LogP) is 13.7. The van der Waals surface area contributed by atoms with Gasteiger partial charge >= 0.3 is 0 Å². The summed E-state index contributed by atoms with van der Waals surface area (Å²) < 4.78 is 0. The molecule has 0 fully saturated rings. The van der Waals surface area contributed by atoms with Gasteiger partial charge in [0.1, 0.15) is 11.4 Å². The van der Waals surface area contributed by atoms with Crippen LogP contribution in [0.15, 0.2) is 176 Å². The molecule has 0 aliphatic heterocycles. The number of aryl methyl sites for hydroxylation is 1. The van der Waals surface area contributed by atoms with Crippen molar-refractivity contribution in [3.05, 3.63) is 198 Å². The molecule has 0 radical (unpaired) electrons. The van der Waals surface area contributed by atoms with Crippen molar-refractivity contribution in [1.29, 1.82) is 0 Å². The highest BCUT2D eigenvalue weighted by molar-refractivity contribution is 6.17. The van der Waals surface area contributed by atoms with Gasteiger partial charge in [-0.3, -0.25) is 0 Å².